The summed E-state index contributed by atoms with van der Waals surface area (Å²) >= 11 is 0. The number of aromatic nitrogens is 1. The van der Waals surface area contributed by atoms with E-state index in [1.807, 2.05) is 12.1 Å². The van der Waals surface area contributed by atoms with E-state index in [0.717, 1.165) is 16.8 Å². The van der Waals surface area contributed by atoms with Crippen LogP contribution >= 0.6 is 0 Å². The summed E-state index contributed by atoms with van der Waals surface area (Å²) in [6.07, 6.45) is 7.15. The van der Waals surface area contributed by atoms with Crippen LogP contribution in [0.5, 0.6) is 0 Å². The van der Waals surface area contributed by atoms with Gasteiger partial charge in [0.2, 0.25) is 0 Å². The first-order valence-corrected chi connectivity index (χ1v) is 7.18. The van der Waals surface area contributed by atoms with Crippen molar-refractivity contribution < 1.29 is 4.42 Å². The molecule has 0 aliphatic carbocycles. The fraction of sp³-hybridized carbons (Fsp3) is 0.533. The zero-order valence-corrected chi connectivity index (χ0v) is 11.4. The highest BCUT2D eigenvalue weighted by Crippen LogP contribution is 2.24. The lowest BCUT2D eigenvalue weighted by Crippen LogP contribution is -2.39. The third kappa shape index (κ3) is 2.73. The highest BCUT2D eigenvalue weighted by atomic mass is 16.3. The summed E-state index contributed by atoms with van der Waals surface area (Å²) < 4.78 is 5.41. The molecule has 0 aromatic carbocycles. The molecule has 0 bridgehead atoms. The van der Waals surface area contributed by atoms with Crippen LogP contribution in [0.4, 0.5) is 5.82 Å². The number of fused-ring (bicyclic) bond motifs is 1. The molecule has 0 atom stereocenters. The third-order valence-corrected chi connectivity index (χ3v) is 3.85. The summed E-state index contributed by atoms with van der Waals surface area (Å²) in [5.41, 5.74) is 0.904. The Morgan fingerprint density at radius 3 is 3.00 bits per heavy atom. The Labute approximate surface area is 113 Å². The molecule has 2 aromatic heterocycles. The van der Waals surface area contributed by atoms with Crippen LogP contribution in [0, 0.1) is 0 Å². The number of hydrogen-bond donors (Lipinski definition) is 1. The van der Waals surface area contributed by atoms with Crippen LogP contribution < -0.4 is 5.32 Å². The van der Waals surface area contributed by atoms with Gasteiger partial charge in [-0.1, -0.05) is 6.92 Å². The van der Waals surface area contributed by atoms with Gasteiger partial charge in [-0.3, -0.25) is 0 Å². The summed E-state index contributed by atoms with van der Waals surface area (Å²) in [6.45, 7) is 5.84. The van der Waals surface area contributed by atoms with Gasteiger partial charge in [0.1, 0.15) is 11.4 Å². The van der Waals surface area contributed by atoms with E-state index in [1.54, 1.807) is 12.5 Å². The van der Waals surface area contributed by atoms with E-state index < -0.39 is 0 Å². The van der Waals surface area contributed by atoms with E-state index in [-0.39, 0.29) is 0 Å². The molecule has 0 radical (unpaired) electrons. The van der Waals surface area contributed by atoms with Gasteiger partial charge in [0.25, 0.3) is 0 Å². The lowest BCUT2D eigenvalue weighted by Gasteiger charge is -2.32. The van der Waals surface area contributed by atoms with Crippen molar-refractivity contribution in [2.45, 2.75) is 32.2 Å². The van der Waals surface area contributed by atoms with Crippen molar-refractivity contribution in [3.05, 3.63) is 24.6 Å². The van der Waals surface area contributed by atoms with Crippen LogP contribution in [-0.4, -0.2) is 35.6 Å². The van der Waals surface area contributed by atoms with Crippen LogP contribution in [0.1, 0.15) is 26.2 Å². The van der Waals surface area contributed by atoms with Crippen molar-refractivity contribution in [1.82, 2.24) is 9.88 Å². The van der Waals surface area contributed by atoms with Crippen molar-refractivity contribution in [2.75, 3.05) is 25.0 Å². The molecule has 4 nitrogen and oxygen atoms in total. The highest BCUT2D eigenvalue weighted by Gasteiger charge is 2.19. The number of rotatable bonds is 4. The zero-order valence-electron chi connectivity index (χ0n) is 11.4. The molecule has 3 heterocycles. The number of nitrogens with zero attached hydrogens (tertiary/aromatic N) is 2. The Hall–Kier alpha value is -1.55. The van der Waals surface area contributed by atoms with E-state index in [0.29, 0.717) is 6.04 Å². The normalized spacial score (nSPS) is 17.9. The van der Waals surface area contributed by atoms with E-state index in [1.165, 1.54) is 38.9 Å². The fourth-order valence-corrected chi connectivity index (χ4v) is 2.82. The van der Waals surface area contributed by atoms with E-state index >= 15 is 0 Å². The molecule has 3 rings (SSSR count). The molecule has 0 amide bonds. The molecule has 1 aliphatic heterocycles. The maximum Gasteiger partial charge on any atom is 0.139 e. The smallest absolute Gasteiger partial charge is 0.139 e. The van der Waals surface area contributed by atoms with Crippen molar-refractivity contribution in [3.63, 3.8) is 0 Å². The Morgan fingerprint density at radius 2 is 2.21 bits per heavy atom. The number of furan rings is 1. The number of piperidine rings is 1. The maximum absolute atomic E-state index is 5.41. The topological polar surface area (TPSA) is 41.3 Å². The van der Waals surface area contributed by atoms with Gasteiger partial charge in [0.15, 0.2) is 0 Å². The maximum atomic E-state index is 5.41. The lowest BCUT2D eigenvalue weighted by molar-refractivity contribution is 0.219. The summed E-state index contributed by atoms with van der Waals surface area (Å²) in [5.74, 6) is 0.959. The fourth-order valence-electron chi connectivity index (χ4n) is 2.82. The number of anilines is 1. The van der Waals surface area contributed by atoms with Crippen LogP contribution in [0.15, 0.2) is 29.0 Å². The number of hydrogen-bond acceptors (Lipinski definition) is 4. The van der Waals surface area contributed by atoms with Gasteiger partial charge < -0.3 is 14.6 Å². The monoisotopic (exact) mass is 259 g/mol. The van der Waals surface area contributed by atoms with Gasteiger partial charge >= 0.3 is 0 Å². The van der Waals surface area contributed by atoms with Crippen LogP contribution in [0.3, 0.4) is 0 Å². The number of likely N-dealkylation sites (tertiary alicyclic amines) is 1. The van der Waals surface area contributed by atoms with Crippen molar-refractivity contribution in [1.29, 1.82) is 0 Å². The van der Waals surface area contributed by atoms with Crippen molar-refractivity contribution in [3.8, 4) is 0 Å². The van der Waals surface area contributed by atoms with Gasteiger partial charge in [-0.25, -0.2) is 4.98 Å². The third-order valence-electron chi connectivity index (χ3n) is 3.85. The molecule has 19 heavy (non-hydrogen) atoms. The Morgan fingerprint density at radius 1 is 1.37 bits per heavy atom. The largest absolute Gasteiger partial charge is 0.464 e. The average Bonchev–Trinajstić information content (AvgIpc) is 2.91. The zero-order chi connectivity index (χ0) is 13.1. The first-order valence-electron chi connectivity index (χ1n) is 7.18. The Kier molecular flexibility index (Phi) is 3.69. The summed E-state index contributed by atoms with van der Waals surface area (Å²) in [4.78, 5) is 6.99. The van der Waals surface area contributed by atoms with Crippen LogP contribution in [0.2, 0.25) is 0 Å². The molecular formula is C15H21N3O. The second kappa shape index (κ2) is 5.61. The predicted molar refractivity (Wildman–Crippen MR) is 77.4 cm³/mol. The molecule has 0 spiro atoms. The second-order valence-corrected chi connectivity index (χ2v) is 5.25. The molecule has 0 saturated carbocycles. The Bertz CT molecular complexity index is 529. The number of nitrogens with one attached hydrogen (secondary N) is 1. The summed E-state index contributed by atoms with van der Waals surface area (Å²) in [7, 11) is 0. The molecule has 0 unspecified atom stereocenters. The molecule has 2 aromatic rings. The highest BCUT2D eigenvalue weighted by molar-refractivity contribution is 5.87. The number of pyridine rings is 1. The van der Waals surface area contributed by atoms with Gasteiger partial charge in [-0.2, -0.15) is 0 Å². The van der Waals surface area contributed by atoms with E-state index in [4.69, 9.17) is 4.42 Å². The molecule has 1 saturated heterocycles. The SMILES string of the molecule is CCCN1CCC(Nc2nccc3occc23)CC1. The molecule has 102 valence electrons. The minimum Gasteiger partial charge on any atom is -0.464 e. The van der Waals surface area contributed by atoms with Gasteiger partial charge in [0.05, 0.1) is 11.6 Å². The average molecular weight is 259 g/mol. The lowest BCUT2D eigenvalue weighted by atomic mass is 10.0. The first-order chi connectivity index (χ1) is 9.36. The van der Waals surface area contributed by atoms with E-state index in [2.05, 4.69) is 22.1 Å². The van der Waals surface area contributed by atoms with Crippen LogP contribution in [-0.2, 0) is 0 Å². The van der Waals surface area contributed by atoms with E-state index in [9.17, 15) is 0 Å². The molecule has 4 heteroatoms. The minimum atomic E-state index is 0.529. The second-order valence-electron chi connectivity index (χ2n) is 5.25. The van der Waals surface area contributed by atoms with Crippen LogP contribution in [0.25, 0.3) is 11.0 Å². The standard InChI is InChI=1S/C15H21N3O/c1-2-8-18-9-4-12(5-10-18)17-15-13-6-11-19-14(13)3-7-16-15/h3,6-7,11-12H,2,4-5,8-10H2,1H3,(H,16,17). The first kappa shape index (κ1) is 12.5. The Balaban J connectivity index is 1.65. The van der Waals surface area contributed by atoms with Crippen molar-refractivity contribution in [2.24, 2.45) is 0 Å². The van der Waals surface area contributed by atoms with Gasteiger partial charge in [0, 0.05) is 25.3 Å². The molecular weight excluding hydrogens is 238 g/mol. The molecule has 1 N–H and O–H groups in total. The summed E-state index contributed by atoms with van der Waals surface area (Å²) in [6, 6.07) is 4.42. The predicted octanol–water partition coefficient (Wildman–Crippen LogP) is 3.11. The van der Waals surface area contributed by atoms with Crippen molar-refractivity contribution >= 4 is 16.8 Å². The minimum absolute atomic E-state index is 0.529. The molecule has 1 fully saturated rings. The van der Waals surface area contributed by atoms with Gasteiger partial charge in [-0.05, 0) is 37.9 Å². The quantitative estimate of drug-likeness (QED) is 0.916. The summed E-state index contributed by atoms with van der Waals surface area (Å²) in [5, 5.41) is 4.66. The molecule has 1 aliphatic rings. The van der Waals surface area contributed by atoms with Gasteiger partial charge in [-0.15, -0.1) is 0 Å².